The molecule has 5 nitrogen and oxygen atoms in total. The van der Waals surface area contributed by atoms with Crippen LogP contribution in [0.4, 0.5) is 0 Å². The normalized spacial score (nSPS) is 12.2. The average molecular weight is 426 g/mol. The van der Waals surface area contributed by atoms with Gasteiger partial charge in [0.05, 0.1) is 6.04 Å². The first-order chi connectivity index (χ1) is 14.5. The van der Waals surface area contributed by atoms with E-state index in [0.717, 1.165) is 24.0 Å². The summed E-state index contributed by atoms with van der Waals surface area (Å²) < 4.78 is 5.30. The molecule has 6 heteroatoms. The first-order valence-corrected chi connectivity index (χ1v) is 10.8. The Morgan fingerprint density at radius 3 is 2.40 bits per heavy atom. The van der Waals surface area contributed by atoms with Gasteiger partial charge in [0, 0.05) is 23.4 Å². The van der Waals surface area contributed by atoms with Gasteiger partial charge >= 0.3 is 0 Å². The number of nitrogens with zero attached hydrogens (tertiary/aromatic N) is 2. The van der Waals surface area contributed by atoms with Crippen LogP contribution in [0.5, 0.6) is 0 Å². The molecule has 0 aliphatic heterocycles. The number of benzene rings is 2. The molecular formula is C24H28ClN3O2. The van der Waals surface area contributed by atoms with E-state index in [2.05, 4.69) is 60.5 Å². The number of rotatable bonds is 9. The van der Waals surface area contributed by atoms with Crippen LogP contribution in [0, 0.1) is 5.92 Å². The maximum Gasteiger partial charge on any atom is 0.227 e. The van der Waals surface area contributed by atoms with Gasteiger partial charge in [-0.1, -0.05) is 68.2 Å². The largest absolute Gasteiger partial charge is 0.349 e. The third-order valence-electron chi connectivity index (χ3n) is 5.00. The highest BCUT2D eigenvalue weighted by molar-refractivity contribution is 6.30. The maximum absolute atomic E-state index is 12.6. The Hall–Kier alpha value is -2.66. The molecule has 1 atom stereocenters. The maximum atomic E-state index is 12.6. The molecule has 1 heterocycles. The van der Waals surface area contributed by atoms with E-state index < -0.39 is 0 Å². The van der Waals surface area contributed by atoms with E-state index in [4.69, 9.17) is 16.1 Å². The van der Waals surface area contributed by atoms with E-state index in [0.29, 0.717) is 29.6 Å². The number of nitrogens with one attached hydrogen (secondary N) is 1. The van der Waals surface area contributed by atoms with Gasteiger partial charge in [-0.25, -0.2) is 0 Å². The summed E-state index contributed by atoms with van der Waals surface area (Å²) in [6, 6.07) is 15.7. The highest BCUT2D eigenvalue weighted by atomic mass is 35.5. The molecule has 0 bridgehead atoms. The Bertz CT molecular complexity index is 949. The van der Waals surface area contributed by atoms with Crippen molar-refractivity contribution in [1.29, 1.82) is 0 Å². The lowest BCUT2D eigenvalue weighted by Gasteiger charge is -2.23. The van der Waals surface area contributed by atoms with Gasteiger partial charge in [-0.2, -0.15) is 4.98 Å². The summed E-state index contributed by atoms with van der Waals surface area (Å²) in [6.45, 7) is 6.40. The highest BCUT2D eigenvalue weighted by Crippen LogP contribution is 2.23. The zero-order chi connectivity index (χ0) is 21.5. The molecular weight excluding hydrogens is 398 g/mol. The molecule has 0 spiro atoms. The summed E-state index contributed by atoms with van der Waals surface area (Å²) in [5.74, 6) is 1.19. The van der Waals surface area contributed by atoms with Gasteiger partial charge in [-0.15, -0.1) is 0 Å². The van der Waals surface area contributed by atoms with E-state index in [1.807, 2.05) is 12.1 Å². The fourth-order valence-corrected chi connectivity index (χ4v) is 3.48. The van der Waals surface area contributed by atoms with Crippen LogP contribution in [-0.2, 0) is 17.6 Å². The van der Waals surface area contributed by atoms with E-state index in [9.17, 15) is 4.79 Å². The zero-order valence-corrected chi connectivity index (χ0v) is 18.4. The number of hydrogen-bond acceptors (Lipinski definition) is 4. The molecule has 3 rings (SSSR count). The molecule has 0 saturated heterocycles. The summed E-state index contributed by atoms with van der Waals surface area (Å²) >= 11 is 5.91. The van der Waals surface area contributed by atoms with Crippen LogP contribution in [0.3, 0.4) is 0 Å². The lowest BCUT2D eigenvalue weighted by molar-refractivity contribution is -0.122. The second kappa shape index (κ2) is 10.4. The summed E-state index contributed by atoms with van der Waals surface area (Å²) in [7, 11) is 0. The van der Waals surface area contributed by atoms with Crippen molar-refractivity contribution in [3.8, 4) is 11.4 Å². The fraction of sp³-hybridized carbons (Fsp3) is 0.375. The molecule has 0 saturated carbocycles. The van der Waals surface area contributed by atoms with Crippen molar-refractivity contribution in [2.24, 2.45) is 5.92 Å². The lowest BCUT2D eigenvalue weighted by atomic mass is 9.94. The number of aromatic nitrogens is 2. The first kappa shape index (κ1) is 22.0. The van der Waals surface area contributed by atoms with Gasteiger partial charge in [-0.05, 0) is 47.7 Å². The summed E-state index contributed by atoms with van der Waals surface area (Å²) in [4.78, 5) is 17.0. The van der Waals surface area contributed by atoms with Crippen molar-refractivity contribution >= 4 is 17.5 Å². The molecule has 0 fully saturated rings. The van der Waals surface area contributed by atoms with Crippen molar-refractivity contribution in [3.63, 3.8) is 0 Å². The predicted molar refractivity (Wildman–Crippen MR) is 119 cm³/mol. The summed E-state index contributed by atoms with van der Waals surface area (Å²) in [6.07, 6.45) is 2.88. The molecule has 0 aliphatic rings. The van der Waals surface area contributed by atoms with E-state index in [-0.39, 0.29) is 17.9 Å². The third-order valence-corrected chi connectivity index (χ3v) is 5.25. The molecule has 0 unspecified atom stereocenters. The Labute approximate surface area is 182 Å². The van der Waals surface area contributed by atoms with Gasteiger partial charge in [0.1, 0.15) is 0 Å². The van der Waals surface area contributed by atoms with E-state index in [1.165, 1.54) is 5.56 Å². The number of carbonyl (C=O) groups excluding carboxylic acids is 1. The minimum atomic E-state index is -0.0300. The second-order valence-corrected chi connectivity index (χ2v) is 8.24. The van der Waals surface area contributed by atoms with Gasteiger partial charge in [0.2, 0.25) is 17.6 Å². The standard InChI is InChI=1S/C24H28ClN3O2/c1-4-5-17-6-8-18(9-7-17)23(16(2)3)26-21(29)14-15-22-27-24(28-30-22)19-10-12-20(25)13-11-19/h6-13,16,23H,4-5,14-15H2,1-3H3,(H,26,29)/t23-/m1/s1. The number of carbonyl (C=O) groups is 1. The molecule has 0 aliphatic carbocycles. The van der Waals surface area contributed by atoms with Crippen molar-refractivity contribution in [2.75, 3.05) is 0 Å². The van der Waals surface area contributed by atoms with Crippen LogP contribution in [0.2, 0.25) is 5.02 Å². The van der Waals surface area contributed by atoms with Crippen molar-refractivity contribution in [3.05, 3.63) is 70.6 Å². The third kappa shape index (κ3) is 5.92. The van der Waals surface area contributed by atoms with Crippen molar-refractivity contribution < 1.29 is 9.32 Å². The monoisotopic (exact) mass is 425 g/mol. The minimum absolute atomic E-state index is 0.0273. The topological polar surface area (TPSA) is 68.0 Å². The lowest BCUT2D eigenvalue weighted by Crippen LogP contribution is -2.31. The number of hydrogen-bond donors (Lipinski definition) is 1. The molecule has 0 radical (unpaired) electrons. The number of amides is 1. The van der Waals surface area contributed by atoms with E-state index in [1.54, 1.807) is 12.1 Å². The molecule has 1 N–H and O–H groups in total. The van der Waals surface area contributed by atoms with Gasteiger partial charge in [0.15, 0.2) is 0 Å². The average Bonchev–Trinajstić information content (AvgIpc) is 3.21. The summed E-state index contributed by atoms with van der Waals surface area (Å²) in [5.41, 5.74) is 3.27. The minimum Gasteiger partial charge on any atom is -0.349 e. The van der Waals surface area contributed by atoms with E-state index >= 15 is 0 Å². The summed E-state index contributed by atoms with van der Waals surface area (Å²) in [5, 5.41) is 7.80. The Morgan fingerprint density at radius 2 is 1.77 bits per heavy atom. The Kier molecular flexibility index (Phi) is 7.63. The molecule has 1 amide bonds. The van der Waals surface area contributed by atoms with Crippen molar-refractivity contribution in [1.82, 2.24) is 15.5 Å². The van der Waals surface area contributed by atoms with Crippen LogP contribution in [0.25, 0.3) is 11.4 Å². The molecule has 30 heavy (non-hydrogen) atoms. The molecule has 158 valence electrons. The van der Waals surface area contributed by atoms with Crippen LogP contribution in [0.15, 0.2) is 53.1 Å². The quantitative estimate of drug-likeness (QED) is 0.471. The van der Waals surface area contributed by atoms with Crippen LogP contribution >= 0.6 is 11.6 Å². The highest BCUT2D eigenvalue weighted by Gasteiger charge is 2.19. The smallest absolute Gasteiger partial charge is 0.227 e. The van der Waals surface area contributed by atoms with Gasteiger partial charge in [-0.3, -0.25) is 4.79 Å². The van der Waals surface area contributed by atoms with Crippen LogP contribution in [-0.4, -0.2) is 16.0 Å². The van der Waals surface area contributed by atoms with Gasteiger partial charge in [0.25, 0.3) is 0 Å². The fourth-order valence-electron chi connectivity index (χ4n) is 3.35. The number of aryl methyl sites for hydroxylation is 2. The molecule has 1 aromatic heterocycles. The van der Waals surface area contributed by atoms with Crippen LogP contribution in [0.1, 0.15) is 56.7 Å². The molecule has 3 aromatic rings. The predicted octanol–water partition coefficient (Wildman–Crippen LogP) is 5.79. The first-order valence-electron chi connectivity index (χ1n) is 10.4. The van der Waals surface area contributed by atoms with Crippen molar-refractivity contribution in [2.45, 2.75) is 52.5 Å². The Morgan fingerprint density at radius 1 is 1.07 bits per heavy atom. The van der Waals surface area contributed by atoms with Gasteiger partial charge < -0.3 is 9.84 Å². The van der Waals surface area contributed by atoms with Crippen LogP contribution < -0.4 is 5.32 Å². The second-order valence-electron chi connectivity index (χ2n) is 7.80. The molecule has 2 aromatic carbocycles. The zero-order valence-electron chi connectivity index (χ0n) is 17.7. The Balaban J connectivity index is 1.58. The number of halogens is 1. The SMILES string of the molecule is CCCc1ccc([C@H](NC(=O)CCc2nc(-c3ccc(Cl)cc3)no2)C(C)C)cc1.